The van der Waals surface area contributed by atoms with E-state index in [9.17, 15) is 4.79 Å². The van der Waals surface area contributed by atoms with Gasteiger partial charge in [-0.2, -0.15) is 0 Å². The summed E-state index contributed by atoms with van der Waals surface area (Å²) in [5.74, 6) is 1.27. The summed E-state index contributed by atoms with van der Waals surface area (Å²) >= 11 is 7.07. The third kappa shape index (κ3) is 3.40. The summed E-state index contributed by atoms with van der Waals surface area (Å²) in [7, 11) is 3.17. The molecule has 104 valence electrons. The van der Waals surface area contributed by atoms with Gasteiger partial charge in [0.25, 0.3) is 0 Å². The number of carbonyl (C=O) groups is 1. The fraction of sp³-hybridized carbons (Fsp3) is 0.133. The Morgan fingerprint density at radius 1 is 1.20 bits per heavy atom. The van der Waals surface area contributed by atoms with Gasteiger partial charge in [-0.1, -0.05) is 11.6 Å². The molecule has 1 aromatic heterocycles. The maximum absolute atomic E-state index is 12.0. The van der Waals surface area contributed by atoms with Crippen molar-refractivity contribution < 1.29 is 14.3 Å². The zero-order valence-corrected chi connectivity index (χ0v) is 12.6. The van der Waals surface area contributed by atoms with Crippen molar-refractivity contribution in [2.45, 2.75) is 0 Å². The molecule has 0 N–H and O–H groups in total. The van der Waals surface area contributed by atoms with Gasteiger partial charge >= 0.3 is 0 Å². The van der Waals surface area contributed by atoms with Crippen molar-refractivity contribution in [3.05, 3.63) is 51.2 Å². The van der Waals surface area contributed by atoms with E-state index in [1.807, 2.05) is 12.1 Å². The van der Waals surface area contributed by atoms with Crippen LogP contribution in [0.25, 0.3) is 6.08 Å². The lowest BCUT2D eigenvalue weighted by atomic mass is 10.1. The number of hydrogen-bond acceptors (Lipinski definition) is 4. The number of thiophene rings is 1. The van der Waals surface area contributed by atoms with Crippen molar-refractivity contribution in [3.8, 4) is 11.5 Å². The smallest absolute Gasteiger partial charge is 0.195 e. The van der Waals surface area contributed by atoms with Gasteiger partial charge in [0.1, 0.15) is 11.5 Å². The van der Waals surface area contributed by atoms with E-state index >= 15 is 0 Å². The molecule has 0 aliphatic rings. The molecule has 0 aliphatic heterocycles. The minimum Gasteiger partial charge on any atom is -0.497 e. The zero-order chi connectivity index (χ0) is 14.5. The number of carbonyl (C=O) groups excluding carboxylic acids is 1. The number of methoxy groups -OCH3 is 2. The van der Waals surface area contributed by atoms with Crippen molar-refractivity contribution in [3.63, 3.8) is 0 Å². The molecular formula is C15H13ClO3S. The number of ether oxygens (including phenoxy) is 2. The highest BCUT2D eigenvalue weighted by molar-refractivity contribution is 7.18. The summed E-state index contributed by atoms with van der Waals surface area (Å²) in [4.78, 5) is 12.6. The molecule has 1 heterocycles. The van der Waals surface area contributed by atoms with Crippen LogP contribution in [-0.4, -0.2) is 20.0 Å². The molecular weight excluding hydrogens is 296 g/mol. The SMILES string of the molecule is COc1ccc(C=CC(=O)c2ccc(Cl)s2)c(OC)c1. The van der Waals surface area contributed by atoms with E-state index in [0.717, 1.165) is 5.56 Å². The van der Waals surface area contributed by atoms with Gasteiger partial charge in [0.05, 0.1) is 23.4 Å². The second kappa shape index (κ2) is 6.59. The van der Waals surface area contributed by atoms with Gasteiger partial charge in [0, 0.05) is 11.6 Å². The van der Waals surface area contributed by atoms with Crippen molar-refractivity contribution in [2.75, 3.05) is 14.2 Å². The predicted octanol–water partition coefficient (Wildman–Crippen LogP) is 4.31. The lowest BCUT2D eigenvalue weighted by Gasteiger charge is -2.07. The van der Waals surface area contributed by atoms with Gasteiger partial charge in [-0.15, -0.1) is 11.3 Å². The summed E-state index contributed by atoms with van der Waals surface area (Å²) < 4.78 is 11.0. The molecule has 0 spiro atoms. The van der Waals surface area contributed by atoms with E-state index in [1.165, 1.54) is 17.4 Å². The Balaban J connectivity index is 2.20. The number of allylic oxidation sites excluding steroid dienone is 1. The van der Waals surface area contributed by atoms with Crippen LogP contribution in [-0.2, 0) is 0 Å². The second-order valence-electron chi connectivity index (χ2n) is 3.91. The van der Waals surface area contributed by atoms with Crippen molar-refractivity contribution in [2.24, 2.45) is 0 Å². The molecule has 0 atom stereocenters. The van der Waals surface area contributed by atoms with Crippen LogP contribution in [0, 0.1) is 0 Å². The van der Waals surface area contributed by atoms with Crippen LogP contribution in [0.3, 0.4) is 0 Å². The van der Waals surface area contributed by atoms with Crippen molar-refractivity contribution in [1.29, 1.82) is 0 Å². The molecule has 1 aromatic carbocycles. The molecule has 0 bridgehead atoms. The van der Waals surface area contributed by atoms with Crippen LogP contribution in [0.15, 0.2) is 36.4 Å². The van der Waals surface area contributed by atoms with Gasteiger partial charge in [-0.25, -0.2) is 0 Å². The Bertz CT molecular complexity index is 646. The molecule has 0 saturated carbocycles. The summed E-state index contributed by atoms with van der Waals surface area (Å²) in [6.45, 7) is 0. The molecule has 0 fully saturated rings. The van der Waals surface area contributed by atoms with E-state index in [4.69, 9.17) is 21.1 Å². The Labute approximate surface area is 126 Å². The Morgan fingerprint density at radius 3 is 2.60 bits per heavy atom. The van der Waals surface area contributed by atoms with E-state index in [0.29, 0.717) is 20.7 Å². The largest absolute Gasteiger partial charge is 0.497 e. The highest BCUT2D eigenvalue weighted by Crippen LogP contribution is 2.26. The number of ketones is 1. The molecule has 3 nitrogen and oxygen atoms in total. The molecule has 5 heteroatoms. The normalized spacial score (nSPS) is 10.8. The van der Waals surface area contributed by atoms with E-state index in [2.05, 4.69) is 0 Å². The summed E-state index contributed by atoms with van der Waals surface area (Å²) in [5, 5.41) is 0. The molecule has 0 unspecified atom stereocenters. The Hall–Kier alpha value is -1.78. The minimum absolute atomic E-state index is 0.0835. The summed E-state index contributed by atoms with van der Waals surface area (Å²) in [5.41, 5.74) is 0.810. The molecule has 0 saturated heterocycles. The van der Waals surface area contributed by atoms with Crippen LogP contribution >= 0.6 is 22.9 Å². The highest BCUT2D eigenvalue weighted by Gasteiger charge is 2.06. The predicted molar refractivity (Wildman–Crippen MR) is 82.2 cm³/mol. The Kier molecular flexibility index (Phi) is 4.82. The van der Waals surface area contributed by atoms with E-state index < -0.39 is 0 Å². The lowest BCUT2D eigenvalue weighted by Crippen LogP contribution is -1.92. The van der Waals surface area contributed by atoms with Crippen LogP contribution in [0.1, 0.15) is 15.2 Å². The molecule has 0 amide bonds. The first-order valence-corrected chi connectivity index (χ1v) is 7.03. The maximum Gasteiger partial charge on any atom is 0.195 e. The molecule has 2 rings (SSSR count). The monoisotopic (exact) mass is 308 g/mol. The first-order valence-electron chi connectivity index (χ1n) is 5.84. The highest BCUT2D eigenvalue weighted by atomic mass is 35.5. The van der Waals surface area contributed by atoms with Crippen LogP contribution < -0.4 is 9.47 Å². The van der Waals surface area contributed by atoms with Gasteiger partial charge in [-0.05, 0) is 36.4 Å². The fourth-order valence-electron chi connectivity index (χ4n) is 1.65. The van der Waals surface area contributed by atoms with Crippen LogP contribution in [0.5, 0.6) is 11.5 Å². The minimum atomic E-state index is -0.0835. The zero-order valence-electron chi connectivity index (χ0n) is 11.1. The quantitative estimate of drug-likeness (QED) is 0.610. The second-order valence-corrected chi connectivity index (χ2v) is 5.62. The van der Waals surface area contributed by atoms with Gasteiger partial charge in [0.2, 0.25) is 0 Å². The number of benzene rings is 1. The van der Waals surface area contributed by atoms with Crippen LogP contribution in [0.4, 0.5) is 0 Å². The van der Waals surface area contributed by atoms with Gasteiger partial charge < -0.3 is 9.47 Å². The fourth-order valence-corrected chi connectivity index (χ4v) is 2.61. The van der Waals surface area contributed by atoms with E-state index in [-0.39, 0.29) is 5.78 Å². The molecule has 0 aliphatic carbocycles. The van der Waals surface area contributed by atoms with Crippen molar-refractivity contribution >= 4 is 34.8 Å². The first-order chi connectivity index (χ1) is 9.63. The molecule has 0 radical (unpaired) electrons. The lowest BCUT2D eigenvalue weighted by molar-refractivity contribution is 0.105. The third-order valence-electron chi connectivity index (χ3n) is 2.67. The third-order valence-corrected chi connectivity index (χ3v) is 3.92. The number of rotatable bonds is 5. The molecule has 2 aromatic rings. The van der Waals surface area contributed by atoms with Crippen molar-refractivity contribution in [1.82, 2.24) is 0 Å². The standard InChI is InChI=1S/C15H13ClO3S/c1-18-11-5-3-10(13(9-11)19-2)4-6-12(17)14-7-8-15(16)20-14/h3-9H,1-2H3. The summed E-state index contributed by atoms with van der Waals surface area (Å²) in [6, 6.07) is 8.84. The first kappa shape index (κ1) is 14.6. The average molecular weight is 309 g/mol. The maximum atomic E-state index is 12.0. The number of hydrogen-bond donors (Lipinski definition) is 0. The topological polar surface area (TPSA) is 35.5 Å². The van der Waals surface area contributed by atoms with E-state index in [1.54, 1.807) is 38.5 Å². The van der Waals surface area contributed by atoms with Gasteiger partial charge in [-0.3, -0.25) is 4.79 Å². The van der Waals surface area contributed by atoms with Crippen LogP contribution in [0.2, 0.25) is 4.34 Å². The average Bonchev–Trinajstić information content (AvgIpc) is 2.91. The van der Waals surface area contributed by atoms with Gasteiger partial charge in [0.15, 0.2) is 5.78 Å². The Morgan fingerprint density at radius 2 is 2.00 bits per heavy atom. The number of halogens is 1. The molecule has 20 heavy (non-hydrogen) atoms. The summed E-state index contributed by atoms with van der Waals surface area (Å²) in [6.07, 6.45) is 3.22.